The Kier molecular flexibility index (Phi) is 4.24. The lowest BCUT2D eigenvalue weighted by Crippen LogP contribution is -2.37. The topological polar surface area (TPSA) is 21.3 Å². The number of ether oxygens (including phenoxy) is 1. The van der Waals surface area contributed by atoms with Crippen LogP contribution in [-0.2, 0) is 0 Å². The standard InChI is InChI=1S/C13H17ClFNO/c1-17-12-8-9(5-6-10(12)14)13(15)11-4-2-3-7-16-11/h5-6,8,11,13,16H,2-4,7H2,1H3. The molecule has 2 rings (SSSR count). The molecular formula is C13H17ClFNO. The summed E-state index contributed by atoms with van der Waals surface area (Å²) in [6.45, 7) is 0.899. The highest BCUT2D eigenvalue weighted by atomic mass is 35.5. The number of benzene rings is 1. The molecule has 1 aromatic rings. The number of piperidine rings is 1. The van der Waals surface area contributed by atoms with E-state index in [1.807, 2.05) is 0 Å². The second-order valence-corrected chi connectivity index (χ2v) is 4.76. The third-order valence-corrected chi connectivity index (χ3v) is 3.51. The van der Waals surface area contributed by atoms with E-state index in [9.17, 15) is 4.39 Å². The molecule has 1 aliphatic heterocycles. The molecule has 0 spiro atoms. The second-order valence-electron chi connectivity index (χ2n) is 4.35. The molecule has 1 saturated heterocycles. The number of nitrogens with one attached hydrogen (secondary N) is 1. The Bertz CT molecular complexity index is 380. The van der Waals surface area contributed by atoms with Crippen molar-refractivity contribution in [3.05, 3.63) is 28.8 Å². The fourth-order valence-electron chi connectivity index (χ4n) is 2.21. The van der Waals surface area contributed by atoms with E-state index in [2.05, 4.69) is 5.32 Å². The summed E-state index contributed by atoms with van der Waals surface area (Å²) in [6.07, 6.45) is 2.10. The van der Waals surface area contributed by atoms with Crippen molar-refractivity contribution in [3.8, 4) is 5.75 Å². The lowest BCUT2D eigenvalue weighted by molar-refractivity contribution is 0.221. The van der Waals surface area contributed by atoms with Crippen LogP contribution in [0.4, 0.5) is 4.39 Å². The summed E-state index contributed by atoms with van der Waals surface area (Å²) >= 11 is 5.92. The summed E-state index contributed by atoms with van der Waals surface area (Å²) in [5.41, 5.74) is 0.630. The Hall–Kier alpha value is -0.800. The third-order valence-electron chi connectivity index (χ3n) is 3.20. The van der Waals surface area contributed by atoms with Gasteiger partial charge in [0.05, 0.1) is 12.1 Å². The summed E-state index contributed by atoms with van der Waals surface area (Å²) in [6, 6.07) is 5.01. The smallest absolute Gasteiger partial charge is 0.140 e. The van der Waals surface area contributed by atoms with Crippen molar-refractivity contribution in [2.24, 2.45) is 0 Å². The molecule has 2 unspecified atom stereocenters. The fraction of sp³-hybridized carbons (Fsp3) is 0.538. The lowest BCUT2D eigenvalue weighted by Gasteiger charge is -2.27. The summed E-state index contributed by atoms with van der Waals surface area (Å²) in [5, 5.41) is 3.73. The van der Waals surface area contributed by atoms with Gasteiger partial charge in [-0.25, -0.2) is 4.39 Å². The van der Waals surface area contributed by atoms with Crippen LogP contribution in [0.5, 0.6) is 5.75 Å². The van der Waals surface area contributed by atoms with Gasteiger partial charge in [0, 0.05) is 6.04 Å². The first kappa shape index (κ1) is 12.7. The highest BCUT2D eigenvalue weighted by Crippen LogP contribution is 2.32. The van der Waals surface area contributed by atoms with Gasteiger partial charge in [0.25, 0.3) is 0 Å². The maximum absolute atomic E-state index is 14.3. The molecule has 2 atom stereocenters. The third kappa shape index (κ3) is 2.90. The Morgan fingerprint density at radius 3 is 2.94 bits per heavy atom. The Morgan fingerprint density at radius 2 is 2.29 bits per heavy atom. The zero-order chi connectivity index (χ0) is 12.3. The predicted molar refractivity (Wildman–Crippen MR) is 67.5 cm³/mol. The van der Waals surface area contributed by atoms with Gasteiger partial charge in [-0.15, -0.1) is 0 Å². The number of hydrogen-bond acceptors (Lipinski definition) is 2. The van der Waals surface area contributed by atoms with Gasteiger partial charge in [-0.2, -0.15) is 0 Å². The number of rotatable bonds is 3. The van der Waals surface area contributed by atoms with E-state index in [1.165, 1.54) is 7.11 Å². The van der Waals surface area contributed by atoms with E-state index in [1.54, 1.807) is 18.2 Å². The molecule has 1 N–H and O–H groups in total. The normalized spacial score (nSPS) is 22.2. The zero-order valence-corrected chi connectivity index (χ0v) is 10.6. The van der Waals surface area contributed by atoms with Crippen LogP contribution in [-0.4, -0.2) is 19.7 Å². The van der Waals surface area contributed by atoms with E-state index in [0.29, 0.717) is 16.3 Å². The molecule has 0 radical (unpaired) electrons. The molecule has 94 valence electrons. The highest BCUT2D eigenvalue weighted by molar-refractivity contribution is 6.32. The summed E-state index contributed by atoms with van der Waals surface area (Å²) in [7, 11) is 1.54. The van der Waals surface area contributed by atoms with E-state index < -0.39 is 6.17 Å². The average molecular weight is 258 g/mol. The molecule has 0 saturated carbocycles. The first-order chi connectivity index (χ1) is 8.22. The summed E-state index contributed by atoms with van der Waals surface area (Å²) in [5.74, 6) is 0.530. The Morgan fingerprint density at radius 1 is 1.47 bits per heavy atom. The molecule has 1 fully saturated rings. The molecular weight excluding hydrogens is 241 g/mol. The quantitative estimate of drug-likeness (QED) is 0.895. The minimum absolute atomic E-state index is 0.0883. The molecule has 0 aromatic heterocycles. The fourth-order valence-corrected chi connectivity index (χ4v) is 2.40. The minimum Gasteiger partial charge on any atom is -0.495 e. The van der Waals surface area contributed by atoms with Crippen molar-refractivity contribution in [3.63, 3.8) is 0 Å². The number of alkyl halides is 1. The van der Waals surface area contributed by atoms with Crippen LogP contribution in [0.15, 0.2) is 18.2 Å². The van der Waals surface area contributed by atoms with Gasteiger partial charge in [0.2, 0.25) is 0 Å². The second kappa shape index (κ2) is 5.69. The predicted octanol–water partition coefficient (Wildman–Crippen LogP) is 3.50. The van der Waals surface area contributed by atoms with Crippen LogP contribution < -0.4 is 10.1 Å². The van der Waals surface area contributed by atoms with Gasteiger partial charge in [-0.1, -0.05) is 24.1 Å². The molecule has 1 heterocycles. The highest BCUT2D eigenvalue weighted by Gasteiger charge is 2.24. The molecule has 17 heavy (non-hydrogen) atoms. The van der Waals surface area contributed by atoms with Gasteiger partial charge < -0.3 is 10.1 Å². The summed E-state index contributed by atoms with van der Waals surface area (Å²) < 4.78 is 19.4. The molecule has 1 aromatic carbocycles. The van der Waals surface area contributed by atoms with Crippen molar-refractivity contribution in [2.45, 2.75) is 31.5 Å². The first-order valence-electron chi connectivity index (χ1n) is 5.93. The maximum atomic E-state index is 14.3. The van der Waals surface area contributed by atoms with Crippen LogP contribution >= 0.6 is 11.6 Å². The van der Waals surface area contributed by atoms with Crippen molar-refractivity contribution >= 4 is 11.6 Å². The van der Waals surface area contributed by atoms with Crippen molar-refractivity contribution in [2.75, 3.05) is 13.7 Å². The van der Waals surface area contributed by atoms with Crippen molar-refractivity contribution in [1.82, 2.24) is 5.32 Å². The zero-order valence-electron chi connectivity index (χ0n) is 9.88. The SMILES string of the molecule is COc1cc(C(F)C2CCCCN2)ccc1Cl. The molecule has 0 bridgehead atoms. The lowest BCUT2D eigenvalue weighted by atomic mass is 9.96. The van der Waals surface area contributed by atoms with Gasteiger partial charge in [0.1, 0.15) is 11.9 Å². The van der Waals surface area contributed by atoms with Crippen molar-refractivity contribution < 1.29 is 9.13 Å². The minimum atomic E-state index is -0.999. The van der Waals surface area contributed by atoms with E-state index in [-0.39, 0.29) is 6.04 Å². The van der Waals surface area contributed by atoms with Gasteiger partial charge in [-0.05, 0) is 37.1 Å². The van der Waals surface area contributed by atoms with Gasteiger partial charge >= 0.3 is 0 Å². The van der Waals surface area contributed by atoms with Gasteiger partial charge in [0.15, 0.2) is 0 Å². The monoisotopic (exact) mass is 257 g/mol. The Labute approximate surface area is 106 Å². The average Bonchev–Trinajstić information content (AvgIpc) is 2.39. The van der Waals surface area contributed by atoms with Crippen LogP contribution in [0.1, 0.15) is 31.0 Å². The van der Waals surface area contributed by atoms with Crippen molar-refractivity contribution in [1.29, 1.82) is 0 Å². The van der Waals surface area contributed by atoms with E-state index >= 15 is 0 Å². The Balaban J connectivity index is 2.15. The van der Waals surface area contributed by atoms with Gasteiger partial charge in [-0.3, -0.25) is 0 Å². The molecule has 4 heteroatoms. The summed E-state index contributed by atoms with van der Waals surface area (Å²) in [4.78, 5) is 0. The molecule has 2 nitrogen and oxygen atoms in total. The number of methoxy groups -OCH3 is 1. The molecule has 1 aliphatic rings. The number of halogens is 2. The van der Waals surface area contributed by atoms with E-state index in [4.69, 9.17) is 16.3 Å². The maximum Gasteiger partial charge on any atom is 0.140 e. The van der Waals surface area contributed by atoms with E-state index in [0.717, 1.165) is 25.8 Å². The largest absolute Gasteiger partial charge is 0.495 e. The van der Waals surface area contributed by atoms with Crippen LogP contribution in [0.25, 0.3) is 0 Å². The van der Waals surface area contributed by atoms with Crippen LogP contribution in [0.3, 0.4) is 0 Å². The number of hydrogen-bond donors (Lipinski definition) is 1. The molecule has 0 aliphatic carbocycles. The molecule has 0 amide bonds. The first-order valence-corrected chi connectivity index (χ1v) is 6.31. The van der Waals surface area contributed by atoms with Crippen LogP contribution in [0.2, 0.25) is 5.02 Å². The van der Waals surface area contributed by atoms with Crippen LogP contribution in [0, 0.1) is 0 Å².